The zero-order valence-electron chi connectivity index (χ0n) is 9.40. The largest absolute Gasteiger partial charge is 0.330 e. The highest BCUT2D eigenvalue weighted by Gasteiger charge is 2.00. The lowest BCUT2D eigenvalue weighted by Crippen LogP contribution is -2.02. The second kappa shape index (κ2) is 6.38. The van der Waals surface area contributed by atoms with Gasteiger partial charge in [-0.2, -0.15) is 0 Å². The van der Waals surface area contributed by atoms with Crippen molar-refractivity contribution in [2.45, 2.75) is 6.42 Å². The first-order valence-electron chi connectivity index (χ1n) is 5.34. The van der Waals surface area contributed by atoms with Gasteiger partial charge in [-0.3, -0.25) is 0 Å². The van der Waals surface area contributed by atoms with Gasteiger partial charge in [0.1, 0.15) is 5.82 Å². The standard InChI is InChI=1S/C14H14FN.ClH/c15-14-6-2-5-13(10-14)12-4-1-3-11(9-12)7-8-16;/h1-6,9-10H,7-8,16H2;1H. The van der Waals surface area contributed by atoms with Gasteiger partial charge in [0.2, 0.25) is 0 Å². The van der Waals surface area contributed by atoms with E-state index in [4.69, 9.17) is 5.73 Å². The number of benzene rings is 2. The molecule has 0 aliphatic carbocycles. The van der Waals surface area contributed by atoms with Gasteiger partial charge in [0.25, 0.3) is 0 Å². The third-order valence-electron chi connectivity index (χ3n) is 2.52. The minimum atomic E-state index is -0.207. The molecular formula is C14H15ClFN. The number of halogens is 2. The van der Waals surface area contributed by atoms with Crippen LogP contribution in [0.1, 0.15) is 5.56 Å². The minimum Gasteiger partial charge on any atom is -0.330 e. The van der Waals surface area contributed by atoms with Gasteiger partial charge in [-0.1, -0.05) is 36.4 Å². The van der Waals surface area contributed by atoms with Crippen LogP contribution in [-0.4, -0.2) is 6.54 Å². The Morgan fingerprint density at radius 1 is 0.941 bits per heavy atom. The maximum atomic E-state index is 13.1. The second-order valence-corrected chi connectivity index (χ2v) is 3.75. The van der Waals surface area contributed by atoms with E-state index >= 15 is 0 Å². The topological polar surface area (TPSA) is 26.0 Å². The molecular weight excluding hydrogens is 237 g/mol. The molecule has 0 atom stereocenters. The smallest absolute Gasteiger partial charge is 0.123 e. The molecule has 0 heterocycles. The highest BCUT2D eigenvalue weighted by atomic mass is 35.5. The zero-order chi connectivity index (χ0) is 11.4. The maximum Gasteiger partial charge on any atom is 0.123 e. The minimum absolute atomic E-state index is 0. The average Bonchev–Trinajstić information content (AvgIpc) is 2.30. The van der Waals surface area contributed by atoms with Gasteiger partial charge >= 0.3 is 0 Å². The molecule has 1 nitrogen and oxygen atoms in total. The van der Waals surface area contributed by atoms with E-state index in [-0.39, 0.29) is 18.2 Å². The molecule has 90 valence electrons. The van der Waals surface area contributed by atoms with Crippen LogP contribution in [0.15, 0.2) is 48.5 Å². The van der Waals surface area contributed by atoms with Crippen molar-refractivity contribution in [3.63, 3.8) is 0 Å². The van der Waals surface area contributed by atoms with Crippen molar-refractivity contribution < 1.29 is 4.39 Å². The summed E-state index contributed by atoms with van der Waals surface area (Å²) < 4.78 is 13.1. The summed E-state index contributed by atoms with van der Waals surface area (Å²) in [6.45, 7) is 0.632. The third-order valence-corrected chi connectivity index (χ3v) is 2.52. The maximum absolute atomic E-state index is 13.1. The van der Waals surface area contributed by atoms with E-state index < -0.39 is 0 Å². The van der Waals surface area contributed by atoms with E-state index in [1.807, 2.05) is 24.3 Å². The molecule has 2 aromatic carbocycles. The van der Waals surface area contributed by atoms with Crippen LogP contribution in [0.4, 0.5) is 4.39 Å². The van der Waals surface area contributed by atoms with Crippen LogP contribution in [0, 0.1) is 5.82 Å². The summed E-state index contributed by atoms with van der Waals surface area (Å²) >= 11 is 0. The van der Waals surface area contributed by atoms with Crippen LogP contribution in [0.2, 0.25) is 0 Å². The van der Waals surface area contributed by atoms with Crippen molar-refractivity contribution in [3.8, 4) is 11.1 Å². The van der Waals surface area contributed by atoms with E-state index in [0.717, 1.165) is 17.5 Å². The summed E-state index contributed by atoms with van der Waals surface area (Å²) in [4.78, 5) is 0. The van der Waals surface area contributed by atoms with Crippen molar-refractivity contribution in [1.29, 1.82) is 0 Å². The van der Waals surface area contributed by atoms with Crippen molar-refractivity contribution in [2.75, 3.05) is 6.54 Å². The van der Waals surface area contributed by atoms with E-state index in [9.17, 15) is 4.39 Å². The van der Waals surface area contributed by atoms with Crippen LogP contribution in [-0.2, 0) is 6.42 Å². The molecule has 0 spiro atoms. The van der Waals surface area contributed by atoms with Crippen molar-refractivity contribution in [1.82, 2.24) is 0 Å². The number of rotatable bonds is 3. The summed E-state index contributed by atoms with van der Waals surface area (Å²) in [5.41, 5.74) is 8.63. The predicted molar refractivity (Wildman–Crippen MR) is 71.8 cm³/mol. The first kappa shape index (κ1) is 13.7. The molecule has 2 aromatic rings. The van der Waals surface area contributed by atoms with Crippen LogP contribution in [0.3, 0.4) is 0 Å². The molecule has 0 aliphatic heterocycles. The predicted octanol–water partition coefficient (Wildman–Crippen LogP) is 3.42. The van der Waals surface area contributed by atoms with Gasteiger partial charge in [0.05, 0.1) is 0 Å². The van der Waals surface area contributed by atoms with E-state index in [1.165, 1.54) is 11.6 Å². The lowest BCUT2D eigenvalue weighted by atomic mass is 10.0. The fraction of sp³-hybridized carbons (Fsp3) is 0.143. The second-order valence-electron chi connectivity index (χ2n) is 3.75. The van der Waals surface area contributed by atoms with Gasteiger partial charge in [0.15, 0.2) is 0 Å². The van der Waals surface area contributed by atoms with Crippen molar-refractivity contribution in [2.24, 2.45) is 5.73 Å². The van der Waals surface area contributed by atoms with Gasteiger partial charge in [-0.05, 0) is 41.8 Å². The third kappa shape index (κ3) is 3.55. The van der Waals surface area contributed by atoms with Crippen LogP contribution in [0.25, 0.3) is 11.1 Å². The van der Waals surface area contributed by atoms with E-state index in [1.54, 1.807) is 12.1 Å². The molecule has 2 N–H and O–H groups in total. The lowest BCUT2D eigenvalue weighted by Gasteiger charge is -2.04. The van der Waals surface area contributed by atoms with E-state index in [2.05, 4.69) is 6.07 Å². The van der Waals surface area contributed by atoms with Crippen molar-refractivity contribution in [3.05, 3.63) is 59.9 Å². The molecule has 2 rings (SSSR count). The fourth-order valence-electron chi connectivity index (χ4n) is 1.74. The first-order chi connectivity index (χ1) is 7.79. The number of hydrogen-bond donors (Lipinski definition) is 1. The van der Waals surface area contributed by atoms with Crippen molar-refractivity contribution >= 4 is 12.4 Å². The molecule has 0 aromatic heterocycles. The molecule has 0 radical (unpaired) electrons. The van der Waals surface area contributed by atoms with Gasteiger partial charge in [-0.15, -0.1) is 12.4 Å². The number of hydrogen-bond acceptors (Lipinski definition) is 1. The summed E-state index contributed by atoms with van der Waals surface area (Å²) in [6, 6.07) is 14.7. The van der Waals surface area contributed by atoms with Gasteiger partial charge in [0, 0.05) is 0 Å². The van der Waals surface area contributed by atoms with Crippen LogP contribution in [0.5, 0.6) is 0 Å². The Hall–Kier alpha value is -1.38. The normalized spacial score (nSPS) is 9.76. The Labute approximate surface area is 107 Å². The molecule has 0 saturated heterocycles. The monoisotopic (exact) mass is 251 g/mol. The Balaban J connectivity index is 0.00000144. The van der Waals surface area contributed by atoms with Gasteiger partial charge in [-0.25, -0.2) is 4.39 Å². The molecule has 0 bridgehead atoms. The molecule has 0 unspecified atom stereocenters. The highest BCUT2D eigenvalue weighted by Crippen LogP contribution is 2.21. The Kier molecular flexibility index (Phi) is 5.13. The molecule has 3 heteroatoms. The van der Waals surface area contributed by atoms with Crippen LogP contribution < -0.4 is 5.73 Å². The molecule has 0 amide bonds. The summed E-state index contributed by atoms with van der Waals surface area (Å²) in [5.74, 6) is -0.207. The number of nitrogens with two attached hydrogens (primary N) is 1. The molecule has 0 fully saturated rings. The molecule has 0 saturated carbocycles. The van der Waals surface area contributed by atoms with Crippen LogP contribution >= 0.6 is 12.4 Å². The van der Waals surface area contributed by atoms with Gasteiger partial charge < -0.3 is 5.73 Å². The summed E-state index contributed by atoms with van der Waals surface area (Å²) in [5, 5.41) is 0. The Morgan fingerprint density at radius 3 is 2.24 bits per heavy atom. The summed E-state index contributed by atoms with van der Waals surface area (Å²) in [7, 11) is 0. The Bertz CT molecular complexity index is 485. The molecule has 17 heavy (non-hydrogen) atoms. The zero-order valence-corrected chi connectivity index (χ0v) is 10.2. The highest BCUT2D eigenvalue weighted by molar-refractivity contribution is 5.85. The first-order valence-corrected chi connectivity index (χ1v) is 5.34. The fourth-order valence-corrected chi connectivity index (χ4v) is 1.74. The molecule has 0 aliphatic rings. The average molecular weight is 252 g/mol. The van der Waals surface area contributed by atoms with E-state index in [0.29, 0.717) is 6.54 Å². The summed E-state index contributed by atoms with van der Waals surface area (Å²) in [6.07, 6.45) is 0.850. The lowest BCUT2D eigenvalue weighted by molar-refractivity contribution is 0.628. The Morgan fingerprint density at radius 2 is 1.59 bits per heavy atom. The SMILES string of the molecule is Cl.NCCc1cccc(-c2cccc(F)c2)c1. The quantitative estimate of drug-likeness (QED) is 0.889.